The van der Waals surface area contributed by atoms with E-state index in [1.165, 1.54) is 0 Å². The summed E-state index contributed by atoms with van der Waals surface area (Å²) in [6.07, 6.45) is -0.462. The van der Waals surface area contributed by atoms with Crippen molar-refractivity contribution in [2.75, 3.05) is 40.5 Å². The van der Waals surface area contributed by atoms with Crippen molar-refractivity contribution >= 4 is 0 Å². The van der Waals surface area contributed by atoms with E-state index in [0.717, 1.165) is 0 Å². The Labute approximate surface area is 67.4 Å². The van der Waals surface area contributed by atoms with E-state index < -0.39 is 6.10 Å². The molecule has 0 aromatic rings. The normalized spacial score (nSPS) is 13.9. The van der Waals surface area contributed by atoms with Crippen molar-refractivity contribution in [2.24, 2.45) is 0 Å². The minimum absolute atomic E-state index is 0.121. The first kappa shape index (κ1) is 10.8. The van der Waals surface area contributed by atoms with Crippen LogP contribution in [-0.4, -0.2) is 61.7 Å². The lowest BCUT2D eigenvalue weighted by Crippen LogP contribution is -2.33. The van der Waals surface area contributed by atoms with Crippen molar-refractivity contribution in [2.45, 2.75) is 6.10 Å². The first-order valence-electron chi connectivity index (χ1n) is 3.67. The van der Waals surface area contributed by atoms with Crippen LogP contribution in [0.1, 0.15) is 0 Å². The molecule has 4 heteroatoms. The molecule has 4 nitrogen and oxygen atoms in total. The quantitative estimate of drug-likeness (QED) is 0.523. The zero-order valence-corrected chi connectivity index (χ0v) is 7.16. The molecule has 0 bridgehead atoms. The van der Waals surface area contributed by atoms with Gasteiger partial charge in [0.25, 0.3) is 0 Å². The van der Waals surface area contributed by atoms with Gasteiger partial charge in [0, 0.05) is 20.2 Å². The Balaban J connectivity index is 3.32. The first-order chi connectivity index (χ1) is 5.20. The van der Waals surface area contributed by atoms with Gasteiger partial charge in [-0.2, -0.15) is 0 Å². The highest BCUT2D eigenvalue weighted by atomic mass is 16.5. The average molecular weight is 163 g/mol. The first-order valence-corrected chi connectivity index (χ1v) is 3.67. The van der Waals surface area contributed by atoms with E-state index in [9.17, 15) is 5.11 Å². The summed E-state index contributed by atoms with van der Waals surface area (Å²) >= 11 is 0. The molecule has 0 saturated heterocycles. The molecule has 0 amide bonds. The van der Waals surface area contributed by atoms with Crippen LogP contribution in [0, 0.1) is 0 Å². The molecule has 0 aliphatic heterocycles. The number of hydrogen-bond acceptors (Lipinski definition) is 4. The van der Waals surface area contributed by atoms with Gasteiger partial charge in [0.05, 0.1) is 19.3 Å². The summed E-state index contributed by atoms with van der Waals surface area (Å²) in [7, 11) is 3.39. The van der Waals surface area contributed by atoms with Crippen LogP contribution in [0.3, 0.4) is 0 Å². The van der Waals surface area contributed by atoms with E-state index >= 15 is 0 Å². The second kappa shape index (κ2) is 6.54. The standard InChI is InChI=1S/C7H17NO3/c1-8(3-4-9)5-7(10)6-11-2/h7,9-10H,3-6H2,1-2H3. The summed E-state index contributed by atoms with van der Waals surface area (Å²) in [5.74, 6) is 0. The van der Waals surface area contributed by atoms with Crippen LogP contribution >= 0.6 is 0 Å². The molecule has 0 rings (SSSR count). The number of nitrogens with zero attached hydrogens (tertiary/aromatic N) is 1. The van der Waals surface area contributed by atoms with Crippen molar-refractivity contribution in [3.63, 3.8) is 0 Å². The average Bonchev–Trinajstić information content (AvgIpc) is 1.87. The van der Waals surface area contributed by atoms with Gasteiger partial charge in [0.2, 0.25) is 0 Å². The molecule has 0 aliphatic rings. The minimum Gasteiger partial charge on any atom is -0.395 e. The maximum Gasteiger partial charge on any atom is 0.0899 e. The lowest BCUT2D eigenvalue weighted by Gasteiger charge is -2.18. The van der Waals surface area contributed by atoms with E-state index in [1.54, 1.807) is 7.11 Å². The Kier molecular flexibility index (Phi) is 6.45. The van der Waals surface area contributed by atoms with E-state index in [2.05, 4.69) is 0 Å². The van der Waals surface area contributed by atoms with E-state index in [1.807, 2.05) is 11.9 Å². The van der Waals surface area contributed by atoms with Crippen LogP contribution in [0.25, 0.3) is 0 Å². The van der Waals surface area contributed by atoms with Gasteiger partial charge in [-0.25, -0.2) is 0 Å². The SMILES string of the molecule is COCC(O)CN(C)CCO. The van der Waals surface area contributed by atoms with Gasteiger partial charge in [0.1, 0.15) is 0 Å². The number of ether oxygens (including phenoxy) is 1. The van der Waals surface area contributed by atoms with Crippen LogP contribution in [0.4, 0.5) is 0 Å². The third-order valence-electron chi connectivity index (χ3n) is 1.36. The number of aliphatic hydroxyl groups is 2. The van der Waals surface area contributed by atoms with Crippen LogP contribution in [0.2, 0.25) is 0 Å². The molecule has 0 saturated carbocycles. The molecule has 0 fully saturated rings. The van der Waals surface area contributed by atoms with E-state index in [4.69, 9.17) is 9.84 Å². The highest BCUT2D eigenvalue weighted by molar-refractivity contribution is 4.59. The Bertz CT molecular complexity index is 79.8. The number of aliphatic hydroxyl groups excluding tert-OH is 2. The summed E-state index contributed by atoms with van der Waals surface area (Å²) in [5.41, 5.74) is 0. The van der Waals surface area contributed by atoms with Crippen molar-refractivity contribution < 1.29 is 14.9 Å². The molecule has 0 aliphatic carbocycles. The minimum atomic E-state index is -0.462. The largest absolute Gasteiger partial charge is 0.395 e. The summed E-state index contributed by atoms with van der Waals surface area (Å²) in [6, 6.07) is 0. The highest BCUT2D eigenvalue weighted by Crippen LogP contribution is 1.88. The molecule has 1 unspecified atom stereocenters. The van der Waals surface area contributed by atoms with Crippen molar-refractivity contribution in [1.82, 2.24) is 4.90 Å². The van der Waals surface area contributed by atoms with E-state index in [-0.39, 0.29) is 6.61 Å². The second-order valence-electron chi connectivity index (χ2n) is 2.60. The van der Waals surface area contributed by atoms with Crippen LogP contribution < -0.4 is 0 Å². The number of methoxy groups -OCH3 is 1. The molecule has 1 atom stereocenters. The predicted molar refractivity (Wildman–Crippen MR) is 42.5 cm³/mol. The lowest BCUT2D eigenvalue weighted by atomic mass is 10.3. The van der Waals surface area contributed by atoms with Crippen molar-refractivity contribution in [3.8, 4) is 0 Å². The monoisotopic (exact) mass is 163 g/mol. The third-order valence-corrected chi connectivity index (χ3v) is 1.36. The third kappa shape index (κ3) is 6.25. The fraction of sp³-hybridized carbons (Fsp3) is 1.00. The molecule has 0 spiro atoms. The Morgan fingerprint density at radius 2 is 2.18 bits per heavy atom. The van der Waals surface area contributed by atoms with E-state index in [0.29, 0.717) is 19.7 Å². The van der Waals surface area contributed by atoms with Gasteiger partial charge in [-0.15, -0.1) is 0 Å². The smallest absolute Gasteiger partial charge is 0.0899 e. The molecule has 0 heterocycles. The fourth-order valence-electron chi connectivity index (χ4n) is 0.867. The van der Waals surface area contributed by atoms with Crippen LogP contribution in [-0.2, 0) is 4.74 Å². The number of rotatable bonds is 6. The summed E-state index contributed by atoms with van der Waals surface area (Å²) in [5, 5.41) is 17.7. The molecule has 0 aromatic carbocycles. The van der Waals surface area contributed by atoms with Crippen LogP contribution in [0.15, 0.2) is 0 Å². The summed E-state index contributed by atoms with van der Waals surface area (Å²) in [6.45, 7) is 1.58. The van der Waals surface area contributed by atoms with Gasteiger partial charge < -0.3 is 19.8 Å². The van der Waals surface area contributed by atoms with Crippen molar-refractivity contribution in [3.05, 3.63) is 0 Å². The molecule has 0 radical (unpaired) electrons. The topological polar surface area (TPSA) is 52.9 Å². The van der Waals surface area contributed by atoms with Gasteiger partial charge in [0.15, 0.2) is 0 Å². The summed E-state index contributed by atoms with van der Waals surface area (Å²) < 4.78 is 4.74. The van der Waals surface area contributed by atoms with Gasteiger partial charge >= 0.3 is 0 Å². The molecule has 68 valence electrons. The zero-order chi connectivity index (χ0) is 8.69. The number of likely N-dealkylation sites (N-methyl/N-ethyl adjacent to an activating group) is 1. The fourth-order valence-corrected chi connectivity index (χ4v) is 0.867. The molecule has 2 N–H and O–H groups in total. The molecule has 0 aromatic heterocycles. The Morgan fingerprint density at radius 1 is 1.55 bits per heavy atom. The Hall–Kier alpha value is -0.160. The number of hydrogen-bond donors (Lipinski definition) is 2. The Morgan fingerprint density at radius 3 is 2.64 bits per heavy atom. The molecule has 11 heavy (non-hydrogen) atoms. The second-order valence-corrected chi connectivity index (χ2v) is 2.60. The van der Waals surface area contributed by atoms with Gasteiger partial charge in [-0.3, -0.25) is 0 Å². The highest BCUT2D eigenvalue weighted by Gasteiger charge is 2.06. The summed E-state index contributed by atoms with van der Waals surface area (Å²) in [4.78, 5) is 1.85. The van der Waals surface area contributed by atoms with Gasteiger partial charge in [-0.05, 0) is 7.05 Å². The zero-order valence-electron chi connectivity index (χ0n) is 7.16. The van der Waals surface area contributed by atoms with Crippen molar-refractivity contribution in [1.29, 1.82) is 0 Å². The van der Waals surface area contributed by atoms with Crippen LogP contribution in [0.5, 0.6) is 0 Å². The lowest BCUT2D eigenvalue weighted by molar-refractivity contribution is 0.0403. The molecular formula is C7H17NO3. The maximum absolute atomic E-state index is 9.20. The van der Waals surface area contributed by atoms with Gasteiger partial charge in [-0.1, -0.05) is 0 Å². The predicted octanol–water partition coefficient (Wildman–Crippen LogP) is -1.08. The molecular weight excluding hydrogens is 146 g/mol. The maximum atomic E-state index is 9.20.